The van der Waals surface area contributed by atoms with E-state index >= 15 is 0 Å². The van der Waals surface area contributed by atoms with Gasteiger partial charge in [-0.05, 0) is 31.4 Å². The van der Waals surface area contributed by atoms with Crippen LogP contribution in [0.4, 0.5) is 5.69 Å². The fourth-order valence-corrected chi connectivity index (χ4v) is 2.16. The van der Waals surface area contributed by atoms with E-state index < -0.39 is 0 Å². The average Bonchev–Trinajstić information content (AvgIpc) is 2.47. The third kappa shape index (κ3) is 6.63. The molecule has 5 nitrogen and oxygen atoms in total. The predicted molar refractivity (Wildman–Crippen MR) is 91.6 cm³/mol. The van der Waals surface area contributed by atoms with Crippen molar-refractivity contribution >= 4 is 23.3 Å². The summed E-state index contributed by atoms with van der Waals surface area (Å²) in [5.41, 5.74) is 1.19. The highest BCUT2D eigenvalue weighted by Gasteiger charge is 2.14. The third-order valence-electron chi connectivity index (χ3n) is 3.55. The summed E-state index contributed by atoms with van der Waals surface area (Å²) >= 11 is 0. The third-order valence-corrected chi connectivity index (χ3v) is 3.55. The van der Waals surface area contributed by atoms with Crippen molar-refractivity contribution < 1.29 is 14.4 Å². The maximum Gasteiger partial charge on any atom is 0.223 e. The molecule has 0 atom stereocenters. The Morgan fingerprint density at radius 2 is 1.87 bits per heavy atom. The summed E-state index contributed by atoms with van der Waals surface area (Å²) in [4.78, 5) is 36.7. The lowest BCUT2D eigenvalue weighted by molar-refractivity contribution is -0.121. The van der Waals surface area contributed by atoms with E-state index in [0.717, 1.165) is 6.42 Å². The summed E-state index contributed by atoms with van der Waals surface area (Å²) in [5.74, 6) is 0.264. The number of anilines is 1. The van der Waals surface area contributed by atoms with E-state index in [1.165, 1.54) is 18.7 Å². The number of hydrogen-bond acceptors (Lipinski definition) is 3. The number of carbonyl (C=O) groups excluding carboxylic acids is 3. The molecule has 1 rings (SSSR count). The van der Waals surface area contributed by atoms with Crippen LogP contribution in [0.5, 0.6) is 0 Å². The summed E-state index contributed by atoms with van der Waals surface area (Å²) in [7, 11) is 0. The zero-order chi connectivity index (χ0) is 17.4. The lowest BCUT2D eigenvalue weighted by Gasteiger charge is -2.21. The minimum absolute atomic E-state index is 0.0539. The molecule has 0 radical (unpaired) electrons. The van der Waals surface area contributed by atoms with Crippen LogP contribution in [0.25, 0.3) is 0 Å². The van der Waals surface area contributed by atoms with Crippen LogP contribution in [0.3, 0.4) is 0 Å². The van der Waals surface area contributed by atoms with Crippen molar-refractivity contribution in [3.05, 3.63) is 29.8 Å². The topological polar surface area (TPSA) is 66.5 Å². The fraction of sp³-hybridized carbons (Fsp3) is 0.500. The number of Topliss-reactive ketones (excluding diaryl/α,β-unsaturated/α-hetero) is 1. The van der Waals surface area contributed by atoms with E-state index in [1.54, 1.807) is 24.3 Å². The van der Waals surface area contributed by atoms with Gasteiger partial charge in [-0.15, -0.1) is 0 Å². The first kappa shape index (κ1) is 18.9. The van der Waals surface area contributed by atoms with E-state index in [0.29, 0.717) is 30.3 Å². The van der Waals surface area contributed by atoms with Gasteiger partial charge >= 0.3 is 0 Å². The Morgan fingerprint density at radius 3 is 2.43 bits per heavy atom. The van der Waals surface area contributed by atoms with E-state index in [9.17, 15) is 14.4 Å². The quantitative estimate of drug-likeness (QED) is 0.750. The molecule has 0 saturated carbocycles. The number of nitrogens with zero attached hydrogens (tertiary/aromatic N) is 1. The Labute approximate surface area is 138 Å². The second-order valence-corrected chi connectivity index (χ2v) is 6.06. The smallest absolute Gasteiger partial charge is 0.223 e. The molecular formula is C18H26N2O3. The highest BCUT2D eigenvalue weighted by atomic mass is 16.2. The summed E-state index contributed by atoms with van der Waals surface area (Å²) in [5, 5.41) is 2.86. The van der Waals surface area contributed by atoms with Crippen molar-refractivity contribution in [2.24, 2.45) is 5.92 Å². The molecule has 0 aliphatic rings. The average molecular weight is 318 g/mol. The molecule has 0 spiro atoms. The number of amides is 2. The van der Waals surface area contributed by atoms with Gasteiger partial charge in [0.1, 0.15) is 0 Å². The molecule has 126 valence electrons. The molecule has 0 fully saturated rings. The van der Waals surface area contributed by atoms with Crippen molar-refractivity contribution in [2.75, 3.05) is 18.0 Å². The van der Waals surface area contributed by atoms with Gasteiger partial charge in [-0.3, -0.25) is 14.4 Å². The number of ketones is 1. The molecule has 0 aliphatic carbocycles. The number of carbonyl (C=O) groups is 3. The van der Waals surface area contributed by atoms with Crippen molar-refractivity contribution in [3.8, 4) is 0 Å². The molecule has 23 heavy (non-hydrogen) atoms. The summed E-state index contributed by atoms with van der Waals surface area (Å²) < 4.78 is 0. The monoisotopic (exact) mass is 318 g/mol. The van der Waals surface area contributed by atoms with Gasteiger partial charge in [0.05, 0.1) is 0 Å². The normalized spacial score (nSPS) is 10.5. The number of nitrogens with one attached hydrogen (secondary N) is 1. The molecule has 0 aromatic heterocycles. The van der Waals surface area contributed by atoms with Gasteiger partial charge in [-0.1, -0.05) is 26.0 Å². The lowest BCUT2D eigenvalue weighted by atomic mass is 10.1. The van der Waals surface area contributed by atoms with E-state index in [-0.39, 0.29) is 24.0 Å². The van der Waals surface area contributed by atoms with E-state index in [1.807, 2.05) is 0 Å². The second-order valence-electron chi connectivity index (χ2n) is 6.06. The number of benzene rings is 1. The first-order valence-electron chi connectivity index (χ1n) is 7.97. The van der Waals surface area contributed by atoms with Gasteiger partial charge in [0.2, 0.25) is 11.8 Å². The lowest BCUT2D eigenvalue weighted by Crippen LogP contribution is -2.34. The summed E-state index contributed by atoms with van der Waals surface area (Å²) in [6, 6.07) is 6.90. The molecule has 0 saturated heterocycles. The largest absolute Gasteiger partial charge is 0.356 e. The van der Waals surface area contributed by atoms with Gasteiger partial charge in [-0.25, -0.2) is 0 Å². The Morgan fingerprint density at radius 1 is 1.17 bits per heavy atom. The molecule has 2 amide bonds. The minimum Gasteiger partial charge on any atom is -0.356 e. The second kappa shape index (κ2) is 9.08. The van der Waals surface area contributed by atoms with Crippen LogP contribution in [-0.4, -0.2) is 30.7 Å². The SMILES string of the molecule is CC(=O)c1cccc(N(CCC(=O)NCCC(C)C)C(C)=O)c1. The Kier molecular flexibility index (Phi) is 7.45. The van der Waals surface area contributed by atoms with Gasteiger partial charge in [0.25, 0.3) is 0 Å². The molecule has 0 unspecified atom stereocenters. The van der Waals surface area contributed by atoms with Crippen LogP contribution in [0.15, 0.2) is 24.3 Å². The number of rotatable bonds is 8. The van der Waals surface area contributed by atoms with Crippen LogP contribution in [-0.2, 0) is 9.59 Å². The van der Waals surface area contributed by atoms with Crippen LogP contribution in [0.1, 0.15) is 50.9 Å². The molecule has 1 aromatic carbocycles. The minimum atomic E-state index is -0.152. The van der Waals surface area contributed by atoms with E-state index in [4.69, 9.17) is 0 Å². The van der Waals surface area contributed by atoms with Crippen molar-refractivity contribution in [3.63, 3.8) is 0 Å². The molecule has 0 heterocycles. The van der Waals surface area contributed by atoms with Crippen LogP contribution in [0, 0.1) is 5.92 Å². The maximum atomic E-state index is 11.9. The maximum absolute atomic E-state index is 11.9. The first-order valence-corrected chi connectivity index (χ1v) is 7.97. The van der Waals surface area contributed by atoms with Crippen molar-refractivity contribution in [1.82, 2.24) is 5.32 Å². The first-order chi connectivity index (χ1) is 10.8. The van der Waals surface area contributed by atoms with E-state index in [2.05, 4.69) is 19.2 Å². The van der Waals surface area contributed by atoms with Crippen LogP contribution >= 0.6 is 0 Å². The highest BCUT2D eigenvalue weighted by Crippen LogP contribution is 2.17. The summed E-state index contributed by atoms with van der Waals surface area (Å²) in [6.45, 7) is 8.09. The molecule has 1 N–H and O–H groups in total. The molecule has 0 aliphatic heterocycles. The Bertz CT molecular complexity index is 567. The molecule has 1 aromatic rings. The molecule has 0 bridgehead atoms. The fourth-order valence-electron chi connectivity index (χ4n) is 2.16. The predicted octanol–water partition coefficient (Wildman–Crippen LogP) is 2.79. The molecule has 5 heteroatoms. The van der Waals surface area contributed by atoms with Gasteiger partial charge < -0.3 is 10.2 Å². The Balaban J connectivity index is 2.66. The summed E-state index contributed by atoms with van der Waals surface area (Å²) in [6.07, 6.45) is 1.17. The zero-order valence-corrected chi connectivity index (χ0v) is 14.4. The van der Waals surface area contributed by atoms with Crippen molar-refractivity contribution in [1.29, 1.82) is 0 Å². The molecular weight excluding hydrogens is 292 g/mol. The number of hydrogen-bond donors (Lipinski definition) is 1. The van der Waals surface area contributed by atoms with Gasteiger partial charge in [0, 0.05) is 37.7 Å². The Hall–Kier alpha value is -2.17. The van der Waals surface area contributed by atoms with Crippen LogP contribution < -0.4 is 10.2 Å². The standard InChI is InChI=1S/C18H26N2O3/c1-13(2)8-10-19-18(23)9-11-20(15(4)22)17-7-5-6-16(12-17)14(3)21/h5-7,12-13H,8-11H2,1-4H3,(H,19,23). The van der Waals surface area contributed by atoms with Crippen LogP contribution in [0.2, 0.25) is 0 Å². The van der Waals surface area contributed by atoms with Gasteiger partial charge in [0.15, 0.2) is 5.78 Å². The van der Waals surface area contributed by atoms with Gasteiger partial charge in [-0.2, -0.15) is 0 Å². The highest BCUT2D eigenvalue weighted by molar-refractivity contribution is 5.97. The van der Waals surface area contributed by atoms with Crippen molar-refractivity contribution in [2.45, 2.75) is 40.5 Å². The zero-order valence-electron chi connectivity index (χ0n) is 14.4.